The Morgan fingerprint density at radius 3 is 2.89 bits per heavy atom. The van der Waals surface area contributed by atoms with E-state index in [0.717, 1.165) is 38.6 Å². The van der Waals surface area contributed by atoms with E-state index in [1.807, 2.05) is 30.3 Å². The Kier molecular flexibility index (Phi) is 3.64. The van der Waals surface area contributed by atoms with Crippen molar-refractivity contribution >= 4 is 33.1 Å². The lowest BCUT2D eigenvalue weighted by Gasteiger charge is -2.16. The van der Waals surface area contributed by atoms with Crippen molar-refractivity contribution in [3.63, 3.8) is 0 Å². The van der Waals surface area contributed by atoms with E-state index >= 15 is 0 Å². The van der Waals surface area contributed by atoms with Gasteiger partial charge in [0.1, 0.15) is 11.8 Å². The van der Waals surface area contributed by atoms with Crippen molar-refractivity contribution in [1.29, 1.82) is 5.26 Å². The average molecular weight is 367 g/mol. The molecule has 6 nitrogen and oxygen atoms in total. The summed E-state index contributed by atoms with van der Waals surface area (Å²) in [6, 6.07) is 15.7. The number of pyridine rings is 2. The van der Waals surface area contributed by atoms with Crippen LogP contribution < -0.4 is 5.73 Å². The molecule has 0 spiro atoms. The van der Waals surface area contributed by atoms with Crippen molar-refractivity contribution in [2.24, 2.45) is 0 Å². The van der Waals surface area contributed by atoms with E-state index in [0.29, 0.717) is 30.1 Å². The molecule has 28 heavy (non-hydrogen) atoms. The molecule has 0 aliphatic rings. The van der Waals surface area contributed by atoms with Crippen LogP contribution >= 0.6 is 0 Å². The number of imidazole rings is 1. The molecule has 3 aromatic heterocycles. The van der Waals surface area contributed by atoms with Crippen LogP contribution in [0, 0.1) is 18.3 Å². The Bertz CT molecular complexity index is 1380. The molecule has 0 radical (unpaired) electrons. The van der Waals surface area contributed by atoms with Gasteiger partial charge in [-0.3, -0.25) is 4.40 Å². The number of nitriles is 1. The smallest absolute Gasteiger partial charge is 0.152 e. The van der Waals surface area contributed by atoms with Crippen LogP contribution in [-0.4, -0.2) is 14.4 Å². The van der Waals surface area contributed by atoms with E-state index in [9.17, 15) is 0 Å². The van der Waals surface area contributed by atoms with Gasteiger partial charge in [0.2, 0.25) is 0 Å². The molecule has 136 valence electrons. The molecule has 0 bridgehead atoms. The normalized spacial score (nSPS) is 11.6. The summed E-state index contributed by atoms with van der Waals surface area (Å²) in [6.45, 7) is 2.95. The van der Waals surface area contributed by atoms with Gasteiger partial charge in [-0.15, -0.1) is 0 Å². The number of nitrogens with two attached hydrogens (primary N) is 1. The van der Waals surface area contributed by atoms with Crippen molar-refractivity contribution in [2.75, 3.05) is 5.73 Å². The Balaban J connectivity index is 1.58. The summed E-state index contributed by atoms with van der Waals surface area (Å²) in [4.78, 5) is 9.01. The maximum atomic E-state index is 9.05. The second kappa shape index (κ2) is 6.19. The fraction of sp³-hybridized carbons (Fsp3) is 0.136. The number of benzene rings is 2. The first-order chi connectivity index (χ1) is 13.7. The SMILES string of the molecule is Cc1c(COCc2cccc(C#N)c2)n2cnc3c(N)nc4cccc1c4c32. The van der Waals surface area contributed by atoms with E-state index in [2.05, 4.69) is 33.4 Å². The van der Waals surface area contributed by atoms with Gasteiger partial charge in [-0.05, 0) is 41.6 Å². The van der Waals surface area contributed by atoms with Gasteiger partial charge < -0.3 is 10.5 Å². The first kappa shape index (κ1) is 16.5. The van der Waals surface area contributed by atoms with E-state index < -0.39 is 0 Å². The minimum absolute atomic E-state index is 0.423. The van der Waals surface area contributed by atoms with E-state index in [1.165, 1.54) is 0 Å². The third-order valence-corrected chi connectivity index (χ3v) is 5.22. The van der Waals surface area contributed by atoms with Crippen LogP contribution in [-0.2, 0) is 18.0 Å². The Morgan fingerprint density at radius 2 is 2.04 bits per heavy atom. The second-order valence-corrected chi connectivity index (χ2v) is 6.89. The summed E-state index contributed by atoms with van der Waals surface area (Å²) >= 11 is 0. The number of hydrogen-bond acceptors (Lipinski definition) is 5. The van der Waals surface area contributed by atoms with Crippen LogP contribution in [0.2, 0.25) is 0 Å². The number of aryl methyl sites for hydroxylation is 1. The lowest BCUT2D eigenvalue weighted by molar-refractivity contribution is 0.103. The minimum atomic E-state index is 0.423. The van der Waals surface area contributed by atoms with Crippen molar-refractivity contribution in [2.45, 2.75) is 20.1 Å². The average Bonchev–Trinajstić information content (AvgIpc) is 3.16. The maximum Gasteiger partial charge on any atom is 0.152 e. The van der Waals surface area contributed by atoms with Crippen LogP contribution in [0.25, 0.3) is 27.3 Å². The summed E-state index contributed by atoms with van der Waals surface area (Å²) in [7, 11) is 0. The molecule has 5 aromatic rings. The maximum absolute atomic E-state index is 9.05. The van der Waals surface area contributed by atoms with Crippen LogP contribution in [0.5, 0.6) is 0 Å². The standard InChI is InChI=1S/C22H17N5O/c1-13-16-6-3-7-17-19(16)21-20(22(24)26-17)25-12-27(21)18(13)11-28-10-15-5-2-4-14(8-15)9-23/h2-8,12H,10-11H2,1H3,(H2,24,26). The number of anilines is 1. The zero-order valence-electron chi connectivity index (χ0n) is 15.3. The van der Waals surface area contributed by atoms with Gasteiger partial charge in [-0.25, -0.2) is 9.97 Å². The molecular weight excluding hydrogens is 350 g/mol. The van der Waals surface area contributed by atoms with Crippen LogP contribution in [0.15, 0.2) is 48.8 Å². The van der Waals surface area contributed by atoms with Gasteiger partial charge in [0.05, 0.1) is 41.6 Å². The molecule has 0 saturated heterocycles. The van der Waals surface area contributed by atoms with Gasteiger partial charge in [-0.1, -0.05) is 24.3 Å². The third kappa shape index (κ3) is 2.38. The zero-order valence-corrected chi connectivity index (χ0v) is 15.3. The lowest BCUT2D eigenvalue weighted by Crippen LogP contribution is -2.05. The molecule has 0 fully saturated rings. The van der Waals surface area contributed by atoms with Crippen molar-refractivity contribution in [3.8, 4) is 6.07 Å². The van der Waals surface area contributed by atoms with Gasteiger partial charge >= 0.3 is 0 Å². The fourth-order valence-corrected chi connectivity index (χ4v) is 3.87. The molecule has 6 heteroatoms. The molecular formula is C22H17N5O. The zero-order chi connectivity index (χ0) is 19.3. The largest absolute Gasteiger partial charge is 0.382 e. The van der Waals surface area contributed by atoms with E-state index in [4.69, 9.17) is 15.7 Å². The highest BCUT2D eigenvalue weighted by Gasteiger charge is 2.19. The topological polar surface area (TPSA) is 89.2 Å². The number of ether oxygens (including phenoxy) is 1. The van der Waals surface area contributed by atoms with Crippen molar-refractivity contribution < 1.29 is 4.74 Å². The minimum Gasteiger partial charge on any atom is -0.382 e. The Hall–Kier alpha value is -3.69. The molecule has 3 heterocycles. The van der Waals surface area contributed by atoms with Crippen LogP contribution in [0.3, 0.4) is 0 Å². The number of aromatic nitrogens is 3. The Labute approximate surface area is 161 Å². The molecule has 2 aromatic carbocycles. The molecule has 0 amide bonds. The summed E-state index contributed by atoms with van der Waals surface area (Å²) in [6.07, 6.45) is 1.79. The second-order valence-electron chi connectivity index (χ2n) is 6.89. The van der Waals surface area contributed by atoms with Gasteiger partial charge in [-0.2, -0.15) is 5.26 Å². The van der Waals surface area contributed by atoms with Gasteiger partial charge in [0, 0.05) is 5.39 Å². The Morgan fingerprint density at radius 1 is 1.18 bits per heavy atom. The number of rotatable bonds is 4. The molecule has 0 aliphatic heterocycles. The molecule has 5 rings (SSSR count). The first-order valence-corrected chi connectivity index (χ1v) is 9.00. The number of nitrogens with zero attached hydrogens (tertiary/aromatic N) is 4. The monoisotopic (exact) mass is 367 g/mol. The summed E-state index contributed by atoms with van der Waals surface area (Å²) in [5.41, 5.74) is 12.5. The van der Waals surface area contributed by atoms with Crippen LogP contribution in [0.1, 0.15) is 22.4 Å². The molecule has 0 aliphatic carbocycles. The summed E-state index contributed by atoms with van der Waals surface area (Å²) in [5.74, 6) is 0.437. The first-order valence-electron chi connectivity index (χ1n) is 9.00. The molecule has 0 saturated carbocycles. The lowest BCUT2D eigenvalue weighted by atomic mass is 10.0. The highest BCUT2D eigenvalue weighted by Crippen LogP contribution is 2.35. The molecule has 0 atom stereocenters. The predicted molar refractivity (Wildman–Crippen MR) is 108 cm³/mol. The molecule has 2 N–H and O–H groups in total. The third-order valence-electron chi connectivity index (χ3n) is 5.22. The van der Waals surface area contributed by atoms with Crippen molar-refractivity contribution in [1.82, 2.24) is 14.4 Å². The highest BCUT2D eigenvalue weighted by molar-refractivity contribution is 6.16. The van der Waals surface area contributed by atoms with Gasteiger partial charge in [0.25, 0.3) is 0 Å². The predicted octanol–water partition coefficient (Wildman–Crippen LogP) is 3.95. The quantitative estimate of drug-likeness (QED) is 0.519. The summed E-state index contributed by atoms with van der Waals surface area (Å²) in [5, 5.41) is 11.3. The number of nitrogen functional groups attached to an aromatic ring is 1. The summed E-state index contributed by atoms with van der Waals surface area (Å²) < 4.78 is 8.07. The van der Waals surface area contributed by atoms with Crippen LogP contribution in [0.4, 0.5) is 5.82 Å². The van der Waals surface area contributed by atoms with E-state index in [-0.39, 0.29) is 0 Å². The highest BCUT2D eigenvalue weighted by atomic mass is 16.5. The van der Waals surface area contributed by atoms with Crippen molar-refractivity contribution in [3.05, 3.63) is 71.2 Å². The molecule has 0 unspecified atom stereocenters. The van der Waals surface area contributed by atoms with E-state index in [1.54, 1.807) is 12.4 Å². The van der Waals surface area contributed by atoms with Gasteiger partial charge in [0.15, 0.2) is 5.82 Å². The number of hydrogen-bond donors (Lipinski definition) is 1. The fourth-order valence-electron chi connectivity index (χ4n) is 3.87.